The van der Waals surface area contributed by atoms with Crippen LogP contribution in [0.3, 0.4) is 0 Å². The van der Waals surface area contributed by atoms with Crippen molar-refractivity contribution in [1.82, 2.24) is 10.2 Å². The second-order valence-electron chi connectivity index (χ2n) is 7.31. The smallest absolute Gasteiger partial charge is 0.323 e. The maximum atomic E-state index is 12.9. The molecule has 1 heterocycles. The van der Waals surface area contributed by atoms with E-state index in [-0.39, 0.29) is 24.2 Å². The molecule has 0 bridgehead atoms. The molecule has 1 aliphatic carbocycles. The summed E-state index contributed by atoms with van der Waals surface area (Å²) in [6.07, 6.45) is 4.38. The fourth-order valence-corrected chi connectivity index (χ4v) is 4.38. The van der Waals surface area contributed by atoms with E-state index in [9.17, 15) is 22.8 Å². The maximum absolute atomic E-state index is 12.9. The Balaban J connectivity index is 1.72. The summed E-state index contributed by atoms with van der Waals surface area (Å²) >= 11 is 0. The Morgan fingerprint density at radius 1 is 1.26 bits per heavy atom. The SMILES string of the molecule is C[C@@H]1CCCC[C@]12NC(=O)N(CC(=O)c1ccc(NS(C)(=O)=O)cc1)C2=O. The van der Waals surface area contributed by atoms with Gasteiger partial charge >= 0.3 is 6.03 Å². The van der Waals surface area contributed by atoms with E-state index >= 15 is 0 Å². The molecule has 1 aromatic rings. The monoisotopic (exact) mass is 393 g/mol. The number of nitrogens with zero attached hydrogens (tertiary/aromatic N) is 1. The minimum atomic E-state index is -3.41. The minimum Gasteiger partial charge on any atom is -0.323 e. The highest BCUT2D eigenvalue weighted by molar-refractivity contribution is 7.92. The van der Waals surface area contributed by atoms with Crippen LogP contribution >= 0.6 is 0 Å². The number of urea groups is 1. The zero-order chi connectivity index (χ0) is 19.8. The Bertz CT molecular complexity index is 881. The van der Waals surface area contributed by atoms with Crippen LogP contribution in [0.1, 0.15) is 43.0 Å². The predicted octanol–water partition coefficient (Wildman–Crippen LogP) is 1.74. The lowest BCUT2D eigenvalue weighted by atomic mass is 9.73. The molecule has 1 aliphatic heterocycles. The molecule has 2 aliphatic rings. The van der Waals surface area contributed by atoms with Crippen molar-refractivity contribution >= 4 is 33.4 Å². The van der Waals surface area contributed by atoms with Gasteiger partial charge < -0.3 is 5.32 Å². The lowest BCUT2D eigenvalue weighted by Gasteiger charge is -2.36. The quantitative estimate of drug-likeness (QED) is 0.584. The number of anilines is 1. The molecular weight excluding hydrogens is 370 g/mol. The van der Waals surface area contributed by atoms with Gasteiger partial charge in [0, 0.05) is 11.3 Å². The molecule has 3 amide bonds. The molecule has 8 nitrogen and oxygen atoms in total. The molecule has 0 radical (unpaired) electrons. The highest BCUT2D eigenvalue weighted by Crippen LogP contribution is 2.38. The number of Topliss-reactive ketones (excluding diaryl/α,β-unsaturated/α-hetero) is 1. The van der Waals surface area contributed by atoms with Gasteiger partial charge in [0.05, 0.1) is 12.8 Å². The van der Waals surface area contributed by atoms with Gasteiger partial charge in [0.2, 0.25) is 10.0 Å². The fraction of sp³-hybridized carbons (Fsp3) is 0.500. The molecule has 27 heavy (non-hydrogen) atoms. The average molecular weight is 393 g/mol. The van der Waals surface area contributed by atoms with Crippen LogP contribution in [0, 0.1) is 5.92 Å². The minimum absolute atomic E-state index is 0.0316. The molecule has 1 saturated heterocycles. The van der Waals surface area contributed by atoms with Gasteiger partial charge in [-0.15, -0.1) is 0 Å². The summed E-state index contributed by atoms with van der Waals surface area (Å²) in [7, 11) is -3.41. The van der Waals surface area contributed by atoms with Crippen LogP contribution in [0.2, 0.25) is 0 Å². The molecule has 1 aromatic carbocycles. The highest BCUT2D eigenvalue weighted by Gasteiger charge is 2.55. The van der Waals surface area contributed by atoms with Crippen LogP contribution in [0.25, 0.3) is 0 Å². The average Bonchev–Trinajstić information content (AvgIpc) is 2.82. The van der Waals surface area contributed by atoms with Crippen LogP contribution in [-0.4, -0.2) is 49.4 Å². The van der Waals surface area contributed by atoms with Gasteiger partial charge in [0.25, 0.3) is 5.91 Å². The molecule has 9 heteroatoms. The topological polar surface area (TPSA) is 113 Å². The third kappa shape index (κ3) is 3.83. The second-order valence-corrected chi connectivity index (χ2v) is 9.06. The summed E-state index contributed by atoms with van der Waals surface area (Å²) in [5.41, 5.74) is -0.259. The van der Waals surface area contributed by atoms with Crippen molar-refractivity contribution in [3.63, 3.8) is 0 Å². The largest absolute Gasteiger partial charge is 0.325 e. The van der Waals surface area contributed by atoms with Crippen molar-refractivity contribution in [2.75, 3.05) is 17.5 Å². The Morgan fingerprint density at radius 3 is 2.52 bits per heavy atom. The number of imide groups is 1. The zero-order valence-electron chi connectivity index (χ0n) is 15.3. The molecule has 2 fully saturated rings. The van der Waals surface area contributed by atoms with Gasteiger partial charge in [-0.2, -0.15) is 0 Å². The molecule has 146 valence electrons. The van der Waals surface area contributed by atoms with Gasteiger partial charge in [-0.05, 0) is 43.0 Å². The van der Waals surface area contributed by atoms with Crippen molar-refractivity contribution in [2.24, 2.45) is 5.92 Å². The van der Waals surface area contributed by atoms with Crippen LogP contribution in [0.4, 0.5) is 10.5 Å². The third-order valence-electron chi connectivity index (χ3n) is 5.31. The zero-order valence-corrected chi connectivity index (χ0v) is 16.1. The van der Waals surface area contributed by atoms with Crippen molar-refractivity contribution in [3.05, 3.63) is 29.8 Å². The van der Waals surface area contributed by atoms with Gasteiger partial charge in [-0.3, -0.25) is 19.2 Å². The van der Waals surface area contributed by atoms with Gasteiger partial charge in [0.1, 0.15) is 5.54 Å². The molecule has 2 N–H and O–H groups in total. The first-order chi connectivity index (χ1) is 12.6. The number of carbonyl (C=O) groups is 3. The molecule has 0 aromatic heterocycles. The Morgan fingerprint density at radius 2 is 1.93 bits per heavy atom. The first kappa shape index (κ1) is 19.3. The number of ketones is 1. The summed E-state index contributed by atoms with van der Waals surface area (Å²) in [5.74, 6) is -0.683. The highest BCUT2D eigenvalue weighted by atomic mass is 32.2. The second kappa shape index (κ2) is 6.95. The van der Waals surface area contributed by atoms with Crippen molar-refractivity contribution in [1.29, 1.82) is 0 Å². The van der Waals surface area contributed by atoms with E-state index in [0.717, 1.165) is 30.4 Å². The summed E-state index contributed by atoms with van der Waals surface area (Å²) < 4.78 is 24.8. The molecule has 1 spiro atoms. The van der Waals surface area contributed by atoms with E-state index in [2.05, 4.69) is 10.0 Å². The van der Waals surface area contributed by atoms with Gasteiger partial charge in [-0.25, -0.2) is 13.2 Å². The Hall–Kier alpha value is -2.42. The van der Waals surface area contributed by atoms with Crippen LogP contribution in [0.15, 0.2) is 24.3 Å². The maximum Gasteiger partial charge on any atom is 0.325 e. The summed E-state index contributed by atoms with van der Waals surface area (Å²) in [6, 6.07) is 5.33. The van der Waals surface area contributed by atoms with E-state index in [1.165, 1.54) is 24.3 Å². The van der Waals surface area contributed by atoms with Crippen LogP contribution in [0.5, 0.6) is 0 Å². The normalized spacial score (nSPS) is 25.6. The van der Waals surface area contributed by atoms with E-state index in [0.29, 0.717) is 17.7 Å². The summed E-state index contributed by atoms with van der Waals surface area (Å²) in [6.45, 7) is 1.62. The molecule has 1 saturated carbocycles. The molecular formula is C18H23N3O5S. The van der Waals surface area contributed by atoms with Gasteiger partial charge in [-0.1, -0.05) is 19.8 Å². The van der Waals surface area contributed by atoms with Crippen molar-refractivity contribution < 1.29 is 22.8 Å². The van der Waals surface area contributed by atoms with E-state index < -0.39 is 21.6 Å². The van der Waals surface area contributed by atoms with Crippen LogP contribution in [-0.2, 0) is 14.8 Å². The first-order valence-electron chi connectivity index (χ1n) is 8.87. The van der Waals surface area contributed by atoms with Crippen molar-refractivity contribution in [3.8, 4) is 0 Å². The molecule has 2 atom stereocenters. The standard InChI is InChI=1S/C18H23N3O5S/c1-12-5-3-4-10-18(12)16(23)21(17(24)19-18)11-15(22)13-6-8-14(9-7-13)20-27(2,25)26/h6-9,12,20H,3-5,10-11H2,1-2H3,(H,19,24)/t12-,18+/m1/s1. The lowest BCUT2D eigenvalue weighted by Crippen LogP contribution is -2.54. The van der Waals surface area contributed by atoms with Crippen LogP contribution < -0.4 is 10.0 Å². The first-order valence-corrected chi connectivity index (χ1v) is 10.8. The lowest BCUT2D eigenvalue weighted by molar-refractivity contribution is -0.133. The van der Waals surface area contributed by atoms with E-state index in [4.69, 9.17) is 0 Å². The number of amides is 3. The fourth-order valence-electron chi connectivity index (χ4n) is 3.81. The predicted molar refractivity (Wildman–Crippen MR) is 99.8 cm³/mol. The number of carbonyl (C=O) groups excluding carboxylic acids is 3. The van der Waals surface area contributed by atoms with Gasteiger partial charge in [0.15, 0.2) is 5.78 Å². The number of benzene rings is 1. The van der Waals surface area contributed by atoms with E-state index in [1.54, 1.807) is 0 Å². The number of hydrogen-bond acceptors (Lipinski definition) is 5. The van der Waals surface area contributed by atoms with E-state index in [1.807, 2.05) is 6.92 Å². The summed E-state index contributed by atoms with van der Waals surface area (Å²) in [5, 5.41) is 2.82. The Kier molecular flexibility index (Phi) is 4.98. The molecule has 3 rings (SSSR count). The number of hydrogen-bond donors (Lipinski definition) is 2. The van der Waals surface area contributed by atoms with Crippen molar-refractivity contribution in [2.45, 2.75) is 38.1 Å². The number of nitrogens with one attached hydrogen (secondary N) is 2. The number of rotatable bonds is 5. The number of sulfonamides is 1. The third-order valence-corrected chi connectivity index (χ3v) is 5.92. The molecule has 0 unspecified atom stereocenters. The Labute approximate surface area is 158 Å². The summed E-state index contributed by atoms with van der Waals surface area (Å²) in [4.78, 5) is 38.8.